The zero-order valence-corrected chi connectivity index (χ0v) is 14.5. The van der Waals surface area contributed by atoms with Crippen molar-refractivity contribution in [3.63, 3.8) is 0 Å². The molecule has 0 saturated carbocycles. The Labute approximate surface area is 141 Å². The van der Waals surface area contributed by atoms with Gasteiger partial charge in [-0.25, -0.2) is 0 Å². The number of rotatable bonds is 9. The van der Waals surface area contributed by atoms with Crippen LogP contribution in [0, 0.1) is 0 Å². The molecular formula is C17H24N2O5. The van der Waals surface area contributed by atoms with Crippen molar-refractivity contribution in [1.29, 1.82) is 0 Å². The van der Waals surface area contributed by atoms with Crippen molar-refractivity contribution < 1.29 is 23.9 Å². The van der Waals surface area contributed by atoms with Crippen LogP contribution in [0.25, 0.3) is 0 Å². The van der Waals surface area contributed by atoms with Gasteiger partial charge >= 0.3 is 5.97 Å². The molecule has 132 valence electrons. The number of methoxy groups -OCH3 is 1. The molecule has 1 aromatic carbocycles. The van der Waals surface area contributed by atoms with Gasteiger partial charge in [0, 0.05) is 30.8 Å². The lowest BCUT2D eigenvalue weighted by Gasteiger charge is -2.18. The summed E-state index contributed by atoms with van der Waals surface area (Å²) >= 11 is 0. The Balaban J connectivity index is 2.62. The Bertz CT molecular complexity index is 601. The molecule has 1 aromatic rings. The molecule has 0 aromatic heterocycles. The Morgan fingerprint density at radius 2 is 1.92 bits per heavy atom. The van der Waals surface area contributed by atoms with Crippen molar-refractivity contribution in [3.8, 4) is 5.75 Å². The van der Waals surface area contributed by atoms with E-state index in [4.69, 9.17) is 9.47 Å². The number of anilines is 1. The van der Waals surface area contributed by atoms with E-state index in [1.54, 1.807) is 19.2 Å². The number of amides is 1. The SMILES string of the molecule is COc1ccc(NC(C)=O)cc1C(C)NCCC(=O)OCC(C)=O. The van der Waals surface area contributed by atoms with Crippen molar-refractivity contribution in [1.82, 2.24) is 5.32 Å². The average molecular weight is 336 g/mol. The van der Waals surface area contributed by atoms with Crippen molar-refractivity contribution >= 4 is 23.3 Å². The van der Waals surface area contributed by atoms with Gasteiger partial charge in [0.15, 0.2) is 5.78 Å². The highest BCUT2D eigenvalue weighted by Crippen LogP contribution is 2.28. The highest BCUT2D eigenvalue weighted by Gasteiger charge is 2.13. The Morgan fingerprint density at radius 1 is 1.21 bits per heavy atom. The van der Waals surface area contributed by atoms with E-state index < -0.39 is 5.97 Å². The molecule has 0 heterocycles. The van der Waals surface area contributed by atoms with E-state index in [0.717, 1.165) is 5.56 Å². The normalized spacial score (nSPS) is 11.5. The molecule has 0 bridgehead atoms. The summed E-state index contributed by atoms with van der Waals surface area (Å²) in [6, 6.07) is 5.26. The lowest BCUT2D eigenvalue weighted by atomic mass is 10.1. The third kappa shape index (κ3) is 6.78. The van der Waals surface area contributed by atoms with Crippen molar-refractivity contribution in [2.24, 2.45) is 0 Å². The smallest absolute Gasteiger partial charge is 0.307 e. The minimum Gasteiger partial charge on any atom is -0.496 e. The molecule has 1 rings (SSSR count). The molecule has 1 atom stereocenters. The van der Waals surface area contributed by atoms with Crippen LogP contribution in [0.4, 0.5) is 5.69 Å². The number of carbonyl (C=O) groups excluding carboxylic acids is 3. The number of nitrogens with one attached hydrogen (secondary N) is 2. The van der Waals surface area contributed by atoms with Crippen LogP contribution in [-0.4, -0.2) is 37.9 Å². The van der Waals surface area contributed by atoms with Crippen LogP contribution in [0.5, 0.6) is 5.75 Å². The lowest BCUT2D eigenvalue weighted by molar-refractivity contribution is -0.147. The average Bonchev–Trinajstić information content (AvgIpc) is 2.52. The fourth-order valence-electron chi connectivity index (χ4n) is 2.11. The minimum absolute atomic E-state index is 0.103. The first kappa shape index (κ1) is 19.6. The number of benzene rings is 1. The molecule has 2 N–H and O–H groups in total. The molecule has 0 spiro atoms. The van der Waals surface area contributed by atoms with Crippen LogP contribution in [0.3, 0.4) is 0 Å². The molecule has 0 fully saturated rings. The number of ether oxygens (including phenoxy) is 2. The molecule has 1 unspecified atom stereocenters. The topological polar surface area (TPSA) is 93.7 Å². The molecule has 24 heavy (non-hydrogen) atoms. The zero-order chi connectivity index (χ0) is 18.1. The number of ketones is 1. The van der Waals surface area contributed by atoms with E-state index in [1.165, 1.54) is 13.8 Å². The van der Waals surface area contributed by atoms with Gasteiger partial charge in [-0.2, -0.15) is 0 Å². The number of hydrogen-bond donors (Lipinski definition) is 2. The second kappa shape index (κ2) is 9.67. The molecule has 1 amide bonds. The zero-order valence-electron chi connectivity index (χ0n) is 14.5. The second-order valence-electron chi connectivity index (χ2n) is 5.43. The summed E-state index contributed by atoms with van der Waals surface area (Å²) in [6.07, 6.45) is 0.158. The lowest BCUT2D eigenvalue weighted by Crippen LogP contribution is -2.24. The number of Topliss-reactive ketones (excluding diaryl/α,β-unsaturated/α-hetero) is 1. The second-order valence-corrected chi connectivity index (χ2v) is 5.43. The molecule has 0 aliphatic heterocycles. The quantitative estimate of drug-likeness (QED) is 0.668. The number of hydrogen-bond acceptors (Lipinski definition) is 6. The van der Waals surface area contributed by atoms with Gasteiger partial charge in [-0.15, -0.1) is 0 Å². The van der Waals surface area contributed by atoms with E-state index in [1.807, 2.05) is 13.0 Å². The minimum atomic E-state index is -0.427. The standard InChI is InChI=1S/C17H24N2O5/c1-11(20)10-24-17(22)7-8-18-12(2)15-9-14(19-13(3)21)5-6-16(15)23-4/h5-6,9,12,18H,7-8,10H2,1-4H3,(H,19,21). The van der Waals surface area contributed by atoms with Crippen LogP contribution in [0.2, 0.25) is 0 Å². The number of carbonyl (C=O) groups is 3. The predicted octanol–water partition coefficient (Wildman–Crippen LogP) is 1.83. The van der Waals surface area contributed by atoms with E-state index >= 15 is 0 Å². The van der Waals surface area contributed by atoms with Gasteiger partial charge in [0.1, 0.15) is 12.4 Å². The van der Waals surface area contributed by atoms with Gasteiger partial charge in [0.05, 0.1) is 13.5 Å². The van der Waals surface area contributed by atoms with Crippen LogP contribution >= 0.6 is 0 Å². The molecule has 0 aliphatic rings. The first-order valence-electron chi connectivity index (χ1n) is 7.67. The van der Waals surface area contributed by atoms with Crippen LogP contribution in [-0.2, 0) is 19.1 Å². The van der Waals surface area contributed by atoms with Gasteiger partial charge in [-0.05, 0) is 32.0 Å². The predicted molar refractivity (Wildman–Crippen MR) is 90.0 cm³/mol. The van der Waals surface area contributed by atoms with Crippen molar-refractivity contribution in [2.75, 3.05) is 25.6 Å². The fraction of sp³-hybridized carbons (Fsp3) is 0.471. The Morgan fingerprint density at radius 3 is 2.50 bits per heavy atom. The van der Waals surface area contributed by atoms with Crippen LogP contribution < -0.4 is 15.4 Å². The van der Waals surface area contributed by atoms with Crippen LogP contribution in [0.15, 0.2) is 18.2 Å². The van der Waals surface area contributed by atoms with E-state index in [9.17, 15) is 14.4 Å². The fourth-order valence-corrected chi connectivity index (χ4v) is 2.11. The third-order valence-corrected chi connectivity index (χ3v) is 3.23. The molecule has 7 heteroatoms. The maximum atomic E-state index is 11.5. The van der Waals surface area contributed by atoms with E-state index in [2.05, 4.69) is 10.6 Å². The summed E-state index contributed by atoms with van der Waals surface area (Å²) in [5.41, 5.74) is 1.54. The van der Waals surface area contributed by atoms with E-state index in [0.29, 0.717) is 18.0 Å². The first-order chi connectivity index (χ1) is 11.3. The summed E-state index contributed by atoms with van der Waals surface area (Å²) in [4.78, 5) is 33.4. The summed E-state index contributed by atoms with van der Waals surface area (Å²) in [5.74, 6) is -0.0868. The highest BCUT2D eigenvalue weighted by molar-refractivity contribution is 5.88. The molecule has 7 nitrogen and oxygen atoms in total. The Kier molecular flexibility index (Phi) is 7.91. The van der Waals surface area contributed by atoms with Crippen molar-refractivity contribution in [2.45, 2.75) is 33.2 Å². The maximum absolute atomic E-state index is 11.5. The molecule has 0 radical (unpaired) electrons. The van der Waals surface area contributed by atoms with Crippen molar-refractivity contribution in [3.05, 3.63) is 23.8 Å². The Hall–Kier alpha value is -2.41. The van der Waals surface area contributed by atoms with Crippen LogP contribution in [0.1, 0.15) is 38.8 Å². The number of esters is 1. The summed E-state index contributed by atoms with van der Waals surface area (Å²) in [5, 5.41) is 5.92. The van der Waals surface area contributed by atoms with Gasteiger partial charge in [-0.3, -0.25) is 14.4 Å². The summed E-state index contributed by atoms with van der Waals surface area (Å²) in [7, 11) is 1.57. The van der Waals surface area contributed by atoms with Gasteiger partial charge in [0.2, 0.25) is 5.91 Å². The molecule has 0 saturated heterocycles. The monoisotopic (exact) mass is 336 g/mol. The van der Waals surface area contributed by atoms with Gasteiger partial charge in [-0.1, -0.05) is 0 Å². The molecule has 0 aliphatic carbocycles. The highest BCUT2D eigenvalue weighted by atomic mass is 16.5. The van der Waals surface area contributed by atoms with E-state index in [-0.39, 0.29) is 30.8 Å². The third-order valence-electron chi connectivity index (χ3n) is 3.23. The van der Waals surface area contributed by atoms with Gasteiger partial charge in [0.25, 0.3) is 0 Å². The van der Waals surface area contributed by atoms with Gasteiger partial charge < -0.3 is 20.1 Å². The largest absolute Gasteiger partial charge is 0.496 e. The maximum Gasteiger partial charge on any atom is 0.307 e. The molecular weight excluding hydrogens is 312 g/mol. The summed E-state index contributed by atoms with van der Waals surface area (Å²) < 4.78 is 10.1. The first-order valence-corrected chi connectivity index (χ1v) is 7.67. The summed E-state index contributed by atoms with van der Waals surface area (Å²) in [6.45, 7) is 4.93.